The summed E-state index contributed by atoms with van der Waals surface area (Å²) in [6, 6.07) is 13.2. The summed E-state index contributed by atoms with van der Waals surface area (Å²) >= 11 is 0. The Hall–Kier alpha value is -3.02. The number of likely N-dealkylation sites (N-methyl/N-ethyl adjacent to an activating group) is 1. The maximum absolute atomic E-state index is 12.9. The molecule has 24 heavy (non-hydrogen) atoms. The second kappa shape index (κ2) is 6.62. The number of aromatic nitrogens is 2. The number of carbonyl (C=O) groups excluding carboxylic acids is 1. The van der Waals surface area contributed by atoms with Crippen LogP contribution in [0, 0.1) is 5.82 Å². The van der Waals surface area contributed by atoms with E-state index in [-0.39, 0.29) is 23.8 Å². The van der Waals surface area contributed by atoms with Crippen LogP contribution in [0.3, 0.4) is 0 Å². The summed E-state index contributed by atoms with van der Waals surface area (Å²) < 4.78 is 14.3. The molecule has 0 aliphatic heterocycles. The van der Waals surface area contributed by atoms with E-state index >= 15 is 0 Å². The van der Waals surface area contributed by atoms with E-state index < -0.39 is 0 Å². The summed E-state index contributed by atoms with van der Waals surface area (Å²) in [6.07, 6.45) is 1.22. The first kappa shape index (κ1) is 15.9. The Morgan fingerprint density at radius 3 is 2.62 bits per heavy atom. The Labute approximate surface area is 138 Å². The molecule has 2 aromatic carbocycles. The molecule has 0 N–H and O–H groups in total. The molecule has 1 heterocycles. The van der Waals surface area contributed by atoms with Gasteiger partial charge in [-0.05, 0) is 29.8 Å². The molecule has 5 nitrogen and oxygen atoms in total. The molecule has 0 atom stereocenters. The van der Waals surface area contributed by atoms with Gasteiger partial charge >= 0.3 is 0 Å². The van der Waals surface area contributed by atoms with Crippen molar-refractivity contribution in [2.45, 2.75) is 13.1 Å². The third-order valence-corrected chi connectivity index (χ3v) is 3.80. The highest BCUT2D eigenvalue weighted by atomic mass is 19.1. The van der Waals surface area contributed by atoms with E-state index in [0.29, 0.717) is 17.6 Å². The van der Waals surface area contributed by atoms with Gasteiger partial charge in [0.1, 0.15) is 12.4 Å². The van der Waals surface area contributed by atoms with Crippen LogP contribution in [0.2, 0.25) is 0 Å². The van der Waals surface area contributed by atoms with Crippen molar-refractivity contribution in [2.24, 2.45) is 0 Å². The summed E-state index contributed by atoms with van der Waals surface area (Å²) in [5.41, 5.74) is 1.77. The van der Waals surface area contributed by atoms with Crippen LogP contribution in [-0.2, 0) is 17.9 Å². The zero-order valence-electron chi connectivity index (χ0n) is 13.1. The maximum Gasteiger partial charge on any atom is 0.269 e. The minimum Gasteiger partial charge on any atom is -0.340 e. The molecule has 0 saturated carbocycles. The number of para-hydroxylation sites is 2. The normalized spacial score (nSPS) is 10.8. The van der Waals surface area contributed by atoms with Crippen LogP contribution in [0.4, 0.5) is 4.39 Å². The van der Waals surface area contributed by atoms with Crippen molar-refractivity contribution in [2.75, 3.05) is 7.05 Å². The molecule has 0 aliphatic carbocycles. The lowest BCUT2D eigenvalue weighted by Crippen LogP contribution is -2.33. The summed E-state index contributed by atoms with van der Waals surface area (Å²) in [4.78, 5) is 30.1. The van der Waals surface area contributed by atoms with Crippen LogP contribution in [0.5, 0.6) is 0 Å². The van der Waals surface area contributed by atoms with Gasteiger partial charge in [0.2, 0.25) is 5.91 Å². The molecule has 3 aromatic rings. The van der Waals surface area contributed by atoms with E-state index in [4.69, 9.17) is 0 Å². The molecule has 0 fully saturated rings. The lowest BCUT2D eigenvalue weighted by molar-refractivity contribution is -0.131. The number of halogens is 1. The first-order valence-corrected chi connectivity index (χ1v) is 7.47. The van der Waals surface area contributed by atoms with Crippen LogP contribution < -0.4 is 5.56 Å². The van der Waals surface area contributed by atoms with E-state index in [2.05, 4.69) is 4.98 Å². The largest absolute Gasteiger partial charge is 0.340 e. The highest BCUT2D eigenvalue weighted by Gasteiger charge is 2.13. The van der Waals surface area contributed by atoms with Crippen molar-refractivity contribution in [1.82, 2.24) is 14.5 Å². The van der Waals surface area contributed by atoms with Gasteiger partial charge in [0.15, 0.2) is 0 Å². The van der Waals surface area contributed by atoms with E-state index in [1.807, 2.05) is 6.07 Å². The lowest BCUT2D eigenvalue weighted by Gasteiger charge is -2.18. The third-order valence-electron chi connectivity index (χ3n) is 3.80. The third kappa shape index (κ3) is 3.32. The van der Waals surface area contributed by atoms with Gasteiger partial charge in [-0.1, -0.05) is 24.3 Å². The Morgan fingerprint density at radius 1 is 1.17 bits per heavy atom. The van der Waals surface area contributed by atoms with Crippen LogP contribution in [0.1, 0.15) is 5.56 Å². The van der Waals surface area contributed by atoms with Crippen molar-refractivity contribution < 1.29 is 9.18 Å². The maximum atomic E-state index is 12.9. The first-order valence-electron chi connectivity index (χ1n) is 7.47. The quantitative estimate of drug-likeness (QED) is 0.739. The van der Waals surface area contributed by atoms with Crippen molar-refractivity contribution in [3.8, 4) is 0 Å². The van der Waals surface area contributed by atoms with Gasteiger partial charge in [0.25, 0.3) is 5.56 Å². The Morgan fingerprint density at radius 2 is 1.88 bits per heavy atom. The fourth-order valence-electron chi connectivity index (χ4n) is 2.49. The molecule has 6 heteroatoms. The number of hydrogen-bond donors (Lipinski definition) is 0. The molecule has 0 bridgehead atoms. The van der Waals surface area contributed by atoms with E-state index in [0.717, 1.165) is 5.56 Å². The fraction of sp³-hybridized carbons (Fsp3) is 0.167. The van der Waals surface area contributed by atoms with E-state index in [9.17, 15) is 14.0 Å². The molecule has 1 amide bonds. The highest BCUT2D eigenvalue weighted by Crippen LogP contribution is 2.10. The number of amides is 1. The van der Waals surface area contributed by atoms with Crippen molar-refractivity contribution in [3.05, 3.63) is 76.5 Å². The average molecular weight is 325 g/mol. The topological polar surface area (TPSA) is 55.2 Å². The standard InChI is InChI=1S/C18H16FN3O2/c1-21(11-13-6-8-14(19)9-7-13)18(24)12-22-16-5-3-2-4-15(16)20-10-17(22)23/h2-10H,11-12H2,1H3. The predicted molar refractivity (Wildman–Crippen MR) is 88.9 cm³/mol. The molecular formula is C18H16FN3O2. The van der Waals surface area contributed by atoms with Gasteiger partial charge in [-0.25, -0.2) is 9.37 Å². The van der Waals surface area contributed by atoms with Crippen LogP contribution in [0.25, 0.3) is 11.0 Å². The van der Waals surface area contributed by atoms with Crippen LogP contribution in [0.15, 0.2) is 59.5 Å². The van der Waals surface area contributed by atoms with Gasteiger partial charge in [0, 0.05) is 13.6 Å². The van der Waals surface area contributed by atoms with E-state index in [1.165, 1.54) is 27.8 Å². The van der Waals surface area contributed by atoms with Crippen molar-refractivity contribution in [1.29, 1.82) is 0 Å². The van der Waals surface area contributed by atoms with Gasteiger partial charge in [-0.15, -0.1) is 0 Å². The molecule has 0 saturated heterocycles. The second-order valence-electron chi connectivity index (χ2n) is 5.55. The number of carbonyl (C=O) groups is 1. The van der Waals surface area contributed by atoms with Gasteiger partial charge in [-0.3, -0.25) is 14.2 Å². The number of benzene rings is 2. The van der Waals surface area contributed by atoms with Crippen molar-refractivity contribution >= 4 is 16.9 Å². The van der Waals surface area contributed by atoms with Crippen LogP contribution >= 0.6 is 0 Å². The minimum absolute atomic E-state index is 0.0699. The smallest absolute Gasteiger partial charge is 0.269 e. The summed E-state index contributed by atoms with van der Waals surface area (Å²) in [5.74, 6) is -0.527. The average Bonchev–Trinajstić information content (AvgIpc) is 2.59. The number of fused-ring (bicyclic) bond motifs is 1. The summed E-state index contributed by atoms with van der Waals surface area (Å²) in [7, 11) is 1.65. The number of nitrogens with zero attached hydrogens (tertiary/aromatic N) is 3. The van der Waals surface area contributed by atoms with Gasteiger partial charge in [0.05, 0.1) is 17.2 Å². The second-order valence-corrected chi connectivity index (χ2v) is 5.55. The minimum atomic E-state index is -0.322. The molecule has 3 rings (SSSR count). The predicted octanol–water partition coefficient (Wildman–Crippen LogP) is 2.19. The Bertz CT molecular complexity index is 935. The molecule has 0 radical (unpaired) electrons. The zero-order chi connectivity index (χ0) is 17.1. The highest BCUT2D eigenvalue weighted by molar-refractivity contribution is 5.79. The monoisotopic (exact) mass is 325 g/mol. The summed E-state index contributed by atoms with van der Waals surface area (Å²) in [5, 5.41) is 0. The zero-order valence-corrected chi connectivity index (χ0v) is 13.1. The molecule has 1 aromatic heterocycles. The lowest BCUT2D eigenvalue weighted by atomic mass is 10.2. The number of rotatable bonds is 4. The van der Waals surface area contributed by atoms with E-state index in [1.54, 1.807) is 37.4 Å². The molecular weight excluding hydrogens is 309 g/mol. The molecule has 0 aliphatic rings. The Kier molecular flexibility index (Phi) is 4.37. The fourth-order valence-corrected chi connectivity index (χ4v) is 2.49. The Balaban J connectivity index is 1.80. The van der Waals surface area contributed by atoms with Gasteiger partial charge in [-0.2, -0.15) is 0 Å². The van der Waals surface area contributed by atoms with Gasteiger partial charge < -0.3 is 4.90 Å². The SMILES string of the molecule is CN(Cc1ccc(F)cc1)C(=O)Cn1c(=O)cnc2ccccc21. The molecule has 122 valence electrons. The van der Waals surface area contributed by atoms with Crippen LogP contribution in [-0.4, -0.2) is 27.4 Å². The van der Waals surface area contributed by atoms with Crippen molar-refractivity contribution in [3.63, 3.8) is 0 Å². The molecule has 0 unspecified atom stereocenters. The summed E-state index contributed by atoms with van der Waals surface area (Å²) in [6.45, 7) is 0.274. The number of hydrogen-bond acceptors (Lipinski definition) is 3. The first-order chi connectivity index (χ1) is 11.5. The molecule has 0 spiro atoms.